The molecule has 0 bridgehead atoms. The first-order valence-electron chi connectivity index (χ1n) is 5.07. The molecule has 0 aromatic rings. The van der Waals surface area contributed by atoms with Crippen LogP contribution in [0.4, 0.5) is 26.3 Å². The van der Waals surface area contributed by atoms with E-state index in [9.17, 15) is 26.3 Å². The Morgan fingerprint density at radius 1 is 1.18 bits per heavy atom. The Morgan fingerprint density at radius 3 is 2.00 bits per heavy atom. The molecule has 102 valence electrons. The van der Waals surface area contributed by atoms with Gasteiger partial charge in [-0.1, -0.05) is 13.3 Å². The molecule has 0 saturated carbocycles. The quantitative estimate of drug-likeness (QED) is 0.573. The van der Waals surface area contributed by atoms with Gasteiger partial charge in [0.2, 0.25) is 0 Å². The molecule has 0 radical (unpaired) electrons. The van der Waals surface area contributed by atoms with Crippen molar-refractivity contribution in [2.24, 2.45) is 0 Å². The molecule has 1 aliphatic rings. The Balaban J connectivity index is 2.58. The molecule has 0 spiro atoms. The molecule has 0 N–H and O–H groups in total. The van der Waals surface area contributed by atoms with Crippen molar-refractivity contribution in [1.29, 1.82) is 0 Å². The number of rotatable bonds is 4. The molecule has 1 aliphatic heterocycles. The first-order valence-corrected chi connectivity index (χ1v) is 5.07. The molecule has 2 nitrogen and oxygen atoms in total. The summed E-state index contributed by atoms with van der Waals surface area (Å²) in [5.41, 5.74) is -4.06. The largest absolute Gasteiger partial charge is 0.426 e. The van der Waals surface area contributed by atoms with Crippen molar-refractivity contribution >= 4 is 0 Å². The van der Waals surface area contributed by atoms with Gasteiger partial charge in [-0.15, -0.1) is 0 Å². The topological polar surface area (TPSA) is 18.5 Å². The van der Waals surface area contributed by atoms with Crippen molar-refractivity contribution in [1.82, 2.24) is 0 Å². The molecule has 0 aromatic carbocycles. The van der Waals surface area contributed by atoms with Gasteiger partial charge in [0.25, 0.3) is 5.60 Å². The molecule has 1 fully saturated rings. The summed E-state index contributed by atoms with van der Waals surface area (Å²) in [5, 5.41) is 0. The highest BCUT2D eigenvalue weighted by molar-refractivity contribution is 5.02. The van der Waals surface area contributed by atoms with Crippen molar-refractivity contribution in [3.8, 4) is 0 Å². The van der Waals surface area contributed by atoms with Gasteiger partial charge >= 0.3 is 12.4 Å². The third kappa shape index (κ3) is 2.67. The Hall–Kier alpha value is -0.500. The van der Waals surface area contributed by atoms with E-state index in [0.29, 0.717) is 6.42 Å². The van der Waals surface area contributed by atoms with E-state index in [0.717, 1.165) is 6.42 Å². The number of unbranched alkanes of at least 4 members (excludes halogenated alkanes) is 1. The third-order valence-corrected chi connectivity index (χ3v) is 2.50. The average Bonchev–Trinajstić information content (AvgIpc) is 2.03. The Kier molecular flexibility index (Phi) is 3.97. The summed E-state index contributed by atoms with van der Waals surface area (Å²) in [5.74, 6) is 0. The number of alkyl halides is 6. The number of halogens is 6. The van der Waals surface area contributed by atoms with Crippen LogP contribution >= 0.6 is 0 Å². The maximum Gasteiger partial charge on any atom is 0.426 e. The zero-order chi connectivity index (χ0) is 13.3. The van der Waals surface area contributed by atoms with Crippen LogP contribution in [0.3, 0.4) is 0 Å². The highest BCUT2D eigenvalue weighted by atomic mass is 19.4. The zero-order valence-electron chi connectivity index (χ0n) is 8.99. The lowest BCUT2D eigenvalue weighted by atomic mass is 9.92. The SMILES string of the molecule is CCCCOC1CC(C(F)(F)F)(C(F)(F)F)O1. The van der Waals surface area contributed by atoms with Crippen molar-refractivity contribution in [3.05, 3.63) is 0 Å². The van der Waals surface area contributed by atoms with Crippen LogP contribution in [0.5, 0.6) is 0 Å². The van der Waals surface area contributed by atoms with Gasteiger partial charge < -0.3 is 9.47 Å². The second-order valence-electron chi connectivity index (χ2n) is 3.80. The molecule has 17 heavy (non-hydrogen) atoms. The van der Waals surface area contributed by atoms with Crippen molar-refractivity contribution in [2.45, 2.75) is 50.4 Å². The van der Waals surface area contributed by atoms with Crippen LogP contribution < -0.4 is 0 Å². The lowest BCUT2D eigenvalue weighted by Gasteiger charge is -2.48. The highest BCUT2D eigenvalue weighted by Gasteiger charge is 2.78. The van der Waals surface area contributed by atoms with E-state index < -0.39 is 30.7 Å². The van der Waals surface area contributed by atoms with Crippen LogP contribution in [-0.4, -0.2) is 30.9 Å². The minimum atomic E-state index is -5.48. The number of ether oxygens (including phenoxy) is 2. The van der Waals surface area contributed by atoms with Crippen molar-refractivity contribution < 1.29 is 35.8 Å². The zero-order valence-corrected chi connectivity index (χ0v) is 8.99. The third-order valence-electron chi connectivity index (χ3n) is 2.50. The van der Waals surface area contributed by atoms with Crippen molar-refractivity contribution in [2.75, 3.05) is 6.61 Å². The van der Waals surface area contributed by atoms with Gasteiger partial charge in [-0.05, 0) is 6.42 Å². The fourth-order valence-corrected chi connectivity index (χ4v) is 1.43. The molecule has 0 aliphatic carbocycles. The number of hydrogen-bond acceptors (Lipinski definition) is 2. The van der Waals surface area contributed by atoms with E-state index in [1.54, 1.807) is 0 Å². The van der Waals surface area contributed by atoms with Gasteiger partial charge in [-0.25, -0.2) is 0 Å². The number of hydrogen-bond donors (Lipinski definition) is 0. The Labute approximate surface area is 93.9 Å². The highest BCUT2D eigenvalue weighted by Crippen LogP contribution is 2.55. The van der Waals surface area contributed by atoms with Crippen LogP contribution in [0.25, 0.3) is 0 Å². The molecule has 8 heteroatoms. The van der Waals surface area contributed by atoms with E-state index >= 15 is 0 Å². The molecular weight excluding hydrogens is 254 g/mol. The van der Waals surface area contributed by atoms with Crippen LogP contribution in [0.1, 0.15) is 26.2 Å². The molecule has 1 saturated heterocycles. The first-order chi connectivity index (χ1) is 7.64. The standard InChI is InChI=1S/C9H12F6O2/c1-2-3-4-16-6-5-7(17-6,8(10,11)12)9(13,14)15/h6H,2-5H2,1H3. The van der Waals surface area contributed by atoms with E-state index in [2.05, 4.69) is 4.74 Å². The monoisotopic (exact) mass is 266 g/mol. The predicted octanol–water partition coefficient (Wildman–Crippen LogP) is 3.41. The Bertz CT molecular complexity index is 237. The Morgan fingerprint density at radius 2 is 1.65 bits per heavy atom. The molecule has 1 heterocycles. The van der Waals surface area contributed by atoms with Gasteiger partial charge in [0, 0.05) is 13.0 Å². The molecule has 0 amide bonds. The van der Waals surface area contributed by atoms with Crippen LogP contribution in [0, 0.1) is 0 Å². The van der Waals surface area contributed by atoms with Gasteiger partial charge in [0.15, 0.2) is 6.29 Å². The summed E-state index contributed by atoms with van der Waals surface area (Å²) in [6.07, 6.45) is -12.3. The normalized spacial score (nSPS) is 24.5. The first kappa shape index (κ1) is 14.6. The van der Waals surface area contributed by atoms with E-state index in [4.69, 9.17) is 4.74 Å². The van der Waals surface area contributed by atoms with Crippen LogP contribution in [0.2, 0.25) is 0 Å². The fourth-order valence-electron chi connectivity index (χ4n) is 1.43. The van der Waals surface area contributed by atoms with Crippen molar-refractivity contribution in [3.63, 3.8) is 0 Å². The summed E-state index contributed by atoms with van der Waals surface area (Å²) in [6.45, 7) is 1.91. The van der Waals surface area contributed by atoms with Crippen LogP contribution in [-0.2, 0) is 9.47 Å². The summed E-state index contributed by atoms with van der Waals surface area (Å²) in [7, 11) is 0. The molecular formula is C9H12F6O2. The second-order valence-corrected chi connectivity index (χ2v) is 3.80. The van der Waals surface area contributed by atoms with Gasteiger partial charge in [-0.3, -0.25) is 0 Å². The predicted molar refractivity (Wildman–Crippen MR) is 45.2 cm³/mol. The molecule has 1 atom stereocenters. The smallest absolute Gasteiger partial charge is 0.352 e. The second kappa shape index (κ2) is 4.64. The summed E-state index contributed by atoms with van der Waals surface area (Å²) >= 11 is 0. The molecule has 1 rings (SSSR count). The van der Waals surface area contributed by atoms with E-state index in [-0.39, 0.29) is 6.61 Å². The van der Waals surface area contributed by atoms with Crippen LogP contribution in [0.15, 0.2) is 0 Å². The lowest BCUT2D eigenvalue weighted by molar-refractivity contribution is -0.470. The van der Waals surface area contributed by atoms with E-state index in [1.807, 2.05) is 6.92 Å². The maximum absolute atomic E-state index is 12.3. The minimum Gasteiger partial charge on any atom is -0.352 e. The summed E-state index contributed by atoms with van der Waals surface area (Å²) < 4.78 is 82.5. The lowest BCUT2D eigenvalue weighted by Crippen LogP contribution is -2.68. The van der Waals surface area contributed by atoms with Gasteiger partial charge in [0.1, 0.15) is 0 Å². The molecule has 0 aromatic heterocycles. The van der Waals surface area contributed by atoms with Gasteiger partial charge in [-0.2, -0.15) is 26.3 Å². The minimum absolute atomic E-state index is 0.0902. The maximum atomic E-state index is 12.3. The van der Waals surface area contributed by atoms with Gasteiger partial charge in [0.05, 0.1) is 0 Å². The summed E-state index contributed by atoms with van der Waals surface area (Å²) in [4.78, 5) is 0. The summed E-state index contributed by atoms with van der Waals surface area (Å²) in [6, 6.07) is 0. The molecule has 1 unspecified atom stereocenters. The van der Waals surface area contributed by atoms with E-state index in [1.165, 1.54) is 0 Å². The average molecular weight is 266 g/mol. The fraction of sp³-hybridized carbons (Fsp3) is 1.00.